The van der Waals surface area contributed by atoms with Crippen LogP contribution in [0.5, 0.6) is 0 Å². The monoisotopic (exact) mass is 274 g/mol. The molecule has 0 amide bonds. The van der Waals surface area contributed by atoms with E-state index in [9.17, 15) is 13.2 Å². The molecule has 0 saturated carbocycles. The molecular formula is C12H17F3N4. The molecule has 0 aromatic carbocycles. The van der Waals surface area contributed by atoms with Crippen LogP contribution in [0.3, 0.4) is 0 Å². The first kappa shape index (κ1) is 13.9. The molecule has 2 atom stereocenters. The smallest absolute Gasteiger partial charge is 0.384 e. The summed E-state index contributed by atoms with van der Waals surface area (Å²) in [4.78, 5) is 8.74. The van der Waals surface area contributed by atoms with Crippen LogP contribution in [0.15, 0.2) is 6.07 Å². The van der Waals surface area contributed by atoms with Crippen LogP contribution in [0.4, 0.5) is 24.8 Å². The summed E-state index contributed by atoms with van der Waals surface area (Å²) in [6.07, 6.45) is -2.70. The number of nitrogens with zero attached hydrogens (tertiary/aromatic N) is 3. The van der Waals surface area contributed by atoms with Gasteiger partial charge in [-0.25, -0.2) is 9.97 Å². The average molecular weight is 274 g/mol. The first-order valence-electron chi connectivity index (χ1n) is 6.25. The number of alkyl halides is 3. The van der Waals surface area contributed by atoms with Crippen molar-refractivity contribution >= 4 is 11.6 Å². The fraction of sp³-hybridized carbons (Fsp3) is 0.667. The summed E-state index contributed by atoms with van der Waals surface area (Å²) >= 11 is 0. The van der Waals surface area contributed by atoms with Crippen molar-refractivity contribution in [2.24, 2.45) is 5.92 Å². The number of halogens is 3. The van der Waals surface area contributed by atoms with Crippen LogP contribution in [0, 0.1) is 5.92 Å². The van der Waals surface area contributed by atoms with Crippen molar-refractivity contribution < 1.29 is 13.2 Å². The van der Waals surface area contributed by atoms with Gasteiger partial charge in [0.15, 0.2) is 0 Å². The van der Waals surface area contributed by atoms with Crippen LogP contribution in [0.25, 0.3) is 0 Å². The molecule has 0 aliphatic carbocycles. The van der Waals surface area contributed by atoms with Gasteiger partial charge >= 0.3 is 6.18 Å². The van der Waals surface area contributed by atoms with Crippen molar-refractivity contribution in [1.82, 2.24) is 9.97 Å². The number of aromatic nitrogens is 2. The van der Waals surface area contributed by atoms with Gasteiger partial charge in [0.2, 0.25) is 5.82 Å². The van der Waals surface area contributed by atoms with Crippen LogP contribution in [0.2, 0.25) is 0 Å². The molecule has 7 heteroatoms. The number of hydrogen-bond acceptors (Lipinski definition) is 4. The molecule has 106 valence electrons. The molecule has 19 heavy (non-hydrogen) atoms. The first-order valence-corrected chi connectivity index (χ1v) is 6.25. The quantitative estimate of drug-likeness (QED) is 0.855. The number of rotatable bonds is 1. The Balaban J connectivity index is 2.32. The van der Waals surface area contributed by atoms with Gasteiger partial charge in [-0.05, 0) is 25.7 Å². The molecule has 0 spiro atoms. The summed E-state index contributed by atoms with van der Waals surface area (Å²) in [6, 6.07) is 1.56. The van der Waals surface area contributed by atoms with Gasteiger partial charge in [-0.2, -0.15) is 13.2 Å². The zero-order valence-corrected chi connectivity index (χ0v) is 10.9. The fourth-order valence-electron chi connectivity index (χ4n) is 2.47. The maximum Gasteiger partial charge on any atom is 0.451 e. The highest BCUT2D eigenvalue weighted by Gasteiger charge is 2.36. The van der Waals surface area contributed by atoms with E-state index in [0.717, 1.165) is 12.8 Å². The summed E-state index contributed by atoms with van der Waals surface area (Å²) in [5, 5.41) is 0. The molecule has 1 aromatic heterocycles. The minimum atomic E-state index is -4.57. The van der Waals surface area contributed by atoms with E-state index in [4.69, 9.17) is 5.73 Å². The molecule has 1 aliphatic heterocycles. The number of nitrogens with two attached hydrogens (primary N) is 1. The van der Waals surface area contributed by atoms with Gasteiger partial charge in [-0.15, -0.1) is 0 Å². The van der Waals surface area contributed by atoms with Crippen molar-refractivity contribution in [1.29, 1.82) is 0 Å². The second kappa shape index (κ2) is 4.86. The van der Waals surface area contributed by atoms with Crippen molar-refractivity contribution in [3.05, 3.63) is 11.9 Å². The second-order valence-electron chi connectivity index (χ2n) is 5.14. The maximum absolute atomic E-state index is 12.7. The molecule has 2 unspecified atom stereocenters. The molecule has 2 rings (SSSR count). The number of nitrogen functional groups attached to an aromatic ring is 1. The minimum Gasteiger partial charge on any atom is -0.384 e. The van der Waals surface area contributed by atoms with Gasteiger partial charge in [0.1, 0.15) is 11.6 Å². The third kappa shape index (κ3) is 3.08. The van der Waals surface area contributed by atoms with E-state index >= 15 is 0 Å². The Hall–Kier alpha value is -1.53. The van der Waals surface area contributed by atoms with Crippen LogP contribution in [0.1, 0.15) is 32.5 Å². The van der Waals surface area contributed by atoms with E-state index in [-0.39, 0.29) is 17.7 Å². The van der Waals surface area contributed by atoms with Crippen molar-refractivity contribution in [2.75, 3.05) is 17.2 Å². The Bertz CT molecular complexity index is 461. The predicted molar refractivity (Wildman–Crippen MR) is 66.7 cm³/mol. The van der Waals surface area contributed by atoms with Gasteiger partial charge in [0.05, 0.1) is 0 Å². The lowest BCUT2D eigenvalue weighted by Gasteiger charge is -2.37. The molecule has 1 aromatic rings. The van der Waals surface area contributed by atoms with Crippen molar-refractivity contribution in [2.45, 2.75) is 38.9 Å². The molecule has 1 aliphatic rings. The SMILES string of the molecule is CC1CCN(c2cc(N)nc(C(F)(F)F)n2)C(C)C1. The van der Waals surface area contributed by atoms with E-state index < -0.39 is 12.0 Å². The topological polar surface area (TPSA) is 55.0 Å². The molecule has 2 heterocycles. The summed E-state index contributed by atoms with van der Waals surface area (Å²) in [5.74, 6) is -0.483. The highest BCUT2D eigenvalue weighted by Crippen LogP contribution is 2.31. The predicted octanol–water partition coefficient (Wildman–Crippen LogP) is 2.70. The van der Waals surface area contributed by atoms with Gasteiger partial charge in [-0.1, -0.05) is 6.92 Å². The molecule has 0 bridgehead atoms. The Morgan fingerprint density at radius 3 is 2.58 bits per heavy atom. The van der Waals surface area contributed by atoms with E-state index in [1.807, 2.05) is 11.8 Å². The largest absolute Gasteiger partial charge is 0.451 e. The van der Waals surface area contributed by atoms with E-state index in [0.29, 0.717) is 12.5 Å². The molecule has 1 saturated heterocycles. The molecule has 0 radical (unpaired) electrons. The van der Waals surface area contributed by atoms with E-state index in [1.54, 1.807) is 0 Å². The van der Waals surface area contributed by atoms with Crippen LogP contribution < -0.4 is 10.6 Å². The van der Waals surface area contributed by atoms with Gasteiger partial charge in [-0.3, -0.25) is 0 Å². The fourth-order valence-corrected chi connectivity index (χ4v) is 2.47. The Morgan fingerprint density at radius 2 is 2.00 bits per heavy atom. The van der Waals surface area contributed by atoms with Gasteiger partial charge in [0, 0.05) is 18.7 Å². The third-order valence-electron chi connectivity index (χ3n) is 3.42. The van der Waals surface area contributed by atoms with Crippen LogP contribution >= 0.6 is 0 Å². The molecular weight excluding hydrogens is 257 g/mol. The number of hydrogen-bond donors (Lipinski definition) is 1. The zero-order chi connectivity index (χ0) is 14.2. The normalized spacial score (nSPS) is 24.6. The Labute approximate surface area is 109 Å². The second-order valence-corrected chi connectivity index (χ2v) is 5.14. The third-order valence-corrected chi connectivity index (χ3v) is 3.42. The Morgan fingerprint density at radius 1 is 1.32 bits per heavy atom. The lowest BCUT2D eigenvalue weighted by Crippen LogP contribution is -2.41. The van der Waals surface area contributed by atoms with E-state index in [2.05, 4.69) is 16.9 Å². The van der Waals surface area contributed by atoms with Crippen LogP contribution in [-0.2, 0) is 6.18 Å². The van der Waals surface area contributed by atoms with Gasteiger partial charge < -0.3 is 10.6 Å². The zero-order valence-electron chi connectivity index (χ0n) is 10.9. The van der Waals surface area contributed by atoms with E-state index in [1.165, 1.54) is 6.07 Å². The minimum absolute atomic E-state index is 0.150. The standard InChI is InChI=1S/C12H17F3N4/c1-7-3-4-19(8(2)5-7)10-6-9(16)17-11(18-10)12(13,14)15/h6-8H,3-5H2,1-2H3,(H2,16,17,18). The van der Waals surface area contributed by atoms with Crippen molar-refractivity contribution in [3.63, 3.8) is 0 Å². The van der Waals surface area contributed by atoms with Gasteiger partial charge in [0.25, 0.3) is 0 Å². The molecule has 4 nitrogen and oxygen atoms in total. The first-order chi connectivity index (χ1) is 8.77. The summed E-state index contributed by atoms with van der Waals surface area (Å²) in [5.41, 5.74) is 5.46. The summed E-state index contributed by atoms with van der Waals surface area (Å²) < 4.78 is 38.0. The summed E-state index contributed by atoms with van der Waals surface area (Å²) in [6.45, 7) is 4.82. The molecule has 1 fully saturated rings. The number of piperidine rings is 1. The molecule has 2 N–H and O–H groups in total. The summed E-state index contributed by atoms with van der Waals surface area (Å²) in [7, 11) is 0. The highest BCUT2D eigenvalue weighted by molar-refractivity contribution is 5.48. The lowest BCUT2D eigenvalue weighted by atomic mass is 9.93. The maximum atomic E-state index is 12.7. The number of anilines is 2. The Kier molecular flexibility index (Phi) is 3.56. The van der Waals surface area contributed by atoms with Crippen molar-refractivity contribution in [3.8, 4) is 0 Å². The average Bonchev–Trinajstić information content (AvgIpc) is 2.26. The highest BCUT2D eigenvalue weighted by atomic mass is 19.4. The van der Waals surface area contributed by atoms with Crippen LogP contribution in [-0.4, -0.2) is 22.6 Å². The lowest BCUT2D eigenvalue weighted by molar-refractivity contribution is -0.144.